The van der Waals surface area contributed by atoms with E-state index in [2.05, 4.69) is 28.7 Å². The van der Waals surface area contributed by atoms with Gasteiger partial charge in [-0.3, -0.25) is 0 Å². The summed E-state index contributed by atoms with van der Waals surface area (Å²) in [7, 11) is 0. The summed E-state index contributed by atoms with van der Waals surface area (Å²) in [4.78, 5) is 11.1. The molecule has 0 aromatic carbocycles. The van der Waals surface area contributed by atoms with Crippen molar-refractivity contribution in [2.24, 2.45) is 0 Å². The van der Waals surface area contributed by atoms with Crippen molar-refractivity contribution < 1.29 is 0 Å². The molecule has 1 saturated heterocycles. The Hall–Kier alpha value is -0.480. The molecule has 88 valence electrons. The normalized spacial score (nSPS) is 16.9. The molecule has 5 heteroatoms. The van der Waals surface area contributed by atoms with Crippen molar-refractivity contribution in [3.05, 3.63) is 16.9 Å². The first-order valence-corrected chi connectivity index (χ1v) is 7.07. The van der Waals surface area contributed by atoms with Crippen molar-refractivity contribution in [3.63, 3.8) is 0 Å². The number of anilines is 1. The van der Waals surface area contributed by atoms with Gasteiger partial charge < -0.3 is 4.90 Å². The van der Waals surface area contributed by atoms with Crippen LogP contribution in [0.4, 0.5) is 5.95 Å². The van der Waals surface area contributed by atoms with Crippen LogP contribution in [0.25, 0.3) is 0 Å². The molecule has 0 spiro atoms. The van der Waals surface area contributed by atoms with Crippen molar-refractivity contribution in [2.45, 2.75) is 19.8 Å². The average molecular weight is 258 g/mol. The highest BCUT2D eigenvalue weighted by Gasteiger charge is 2.15. The van der Waals surface area contributed by atoms with Gasteiger partial charge in [-0.1, -0.05) is 25.4 Å². The zero-order valence-electron chi connectivity index (χ0n) is 9.61. The van der Waals surface area contributed by atoms with Crippen LogP contribution in [0.1, 0.15) is 25.5 Å². The van der Waals surface area contributed by atoms with Crippen LogP contribution in [-0.2, 0) is 0 Å². The van der Waals surface area contributed by atoms with Crippen molar-refractivity contribution in [3.8, 4) is 0 Å². The van der Waals surface area contributed by atoms with Gasteiger partial charge in [-0.05, 0) is 12.0 Å². The second-order valence-corrected chi connectivity index (χ2v) is 5.78. The molecule has 2 rings (SSSR count). The van der Waals surface area contributed by atoms with E-state index in [1.54, 1.807) is 0 Å². The Labute approximate surface area is 106 Å². The number of hydrogen-bond acceptors (Lipinski definition) is 4. The number of halogens is 1. The second-order valence-electron chi connectivity index (χ2n) is 4.17. The minimum absolute atomic E-state index is 0.387. The van der Waals surface area contributed by atoms with E-state index in [0.29, 0.717) is 11.1 Å². The van der Waals surface area contributed by atoms with Crippen LogP contribution < -0.4 is 4.90 Å². The summed E-state index contributed by atoms with van der Waals surface area (Å²) < 4.78 is 0. The van der Waals surface area contributed by atoms with Gasteiger partial charge in [0, 0.05) is 24.6 Å². The predicted octanol–water partition coefficient (Wildman–Crippen LogP) is 2.81. The largest absolute Gasteiger partial charge is 0.339 e. The number of nitrogens with zero attached hydrogens (tertiary/aromatic N) is 3. The lowest BCUT2D eigenvalue weighted by Gasteiger charge is -2.26. The zero-order chi connectivity index (χ0) is 11.5. The maximum Gasteiger partial charge on any atom is 0.227 e. The van der Waals surface area contributed by atoms with Gasteiger partial charge in [-0.25, -0.2) is 9.97 Å². The Morgan fingerprint density at radius 3 is 2.62 bits per heavy atom. The van der Waals surface area contributed by atoms with Crippen LogP contribution in [0.15, 0.2) is 6.07 Å². The summed E-state index contributed by atoms with van der Waals surface area (Å²) in [6.45, 7) is 6.27. The van der Waals surface area contributed by atoms with Crippen LogP contribution in [0.2, 0.25) is 5.15 Å². The van der Waals surface area contributed by atoms with Gasteiger partial charge in [0.15, 0.2) is 0 Å². The van der Waals surface area contributed by atoms with Crippen LogP contribution in [0.5, 0.6) is 0 Å². The molecule has 16 heavy (non-hydrogen) atoms. The number of hydrogen-bond donors (Lipinski definition) is 0. The van der Waals surface area contributed by atoms with E-state index < -0.39 is 0 Å². The smallest absolute Gasteiger partial charge is 0.227 e. The predicted molar refractivity (Wildman–Crippen MR) is 70.7 cm³/mol. The molecule has 3 nitrogen and oxygen atoms in total. The van der Waals surface area contributed by atoms with Crippen LogP contribution in [-0.4, -0.2) is 34.6 Å². The van der Waals surface area contributed by atoms with E-state index in [-0.39, 0.29) is 0 Å². The second kappa shape index (κ2) is 5.23. The van der Waals surface area contributed by atoms with E-state index in [1.807, 2.05) is 17.8 Å². The fourth-order valence-electron chi connectivity index (χ4n) is 1.62. The summed E-state index contributed by atoms with van der Waals surface area (Å²) in [5.41, 5.74) is 1.02. The maximum atomic E-state index is 6.03. The number of rotatable bonds is 2. The van der Waals surface area contributed by atoms with Crippen molar-refractivity contribution in [2.75, 3.05) is 29.5 Å². The molecule has 0 aliphatic carbocycles. The Bertz CT molecular complexity index is 364. The first-order valence-electron chi connectivity index (χ1n) is 5.54. The lowest BCUT2D eigenvalue weighted by atomic mass is 10.1. The topological polar surface area (TPSA) is 29.0 Å². The monoisotopic (exact) mass is 257 g/mol. The highest BCUT2D eigenvalue weighted by atomic mass is 35.5. The molecule has 1 aliphatic heterocycles. The minimum atomic E-state index is 0.387. The quantitative estimate of drug-likeness (QED) is 0.762. The fraction of sp³-hybridized carbons (Fsp3) is 0.636. The van der Waals surface area contributed by atoms with E-state index in [1.165, 1.54) is 0 Å². The first-order chi connectivity index (χ1) is 7.66. The lowest BCUT2D eigenvalue weighted by Crippen LogP contribution is -2.34. The molecule has 0 bridgehead atoms. The molecule has 0 N–H and O–H groups in total. The molecule has 1 aromatic heterocycles. The minimum Gasteiger partial charge on any atom is -0.339 e. The van der Waals surface area contributed by atoms with Crippen molar-refractivity contribution in [1.29, 1.82) is 0 Å². The Kier molecular flexibility index (Phi) is 3.92. The molecular weight excluding hydrogens is 242 g/mol. The summed E-state index contributed by atoms with van der Waals surface area (Å²) in [6, 6.07) is 1.86. The van der Waals surface area contributed by atoms with Crippen molar-refractivity contribution >= 4 is 29.3 Å². The average Bonchev–Trinajstić information content (AvgIpc) is 2.29. The highest BCUT2D eigenvalue weighted by Crippen LogP contribution is 2.21. The molecule has 2 heterocycles. The zero-order valence-corrected chi connectivity index (χ0v) is 11.2. The molecule has 0 amide bonds. The molecule has 1 fully saturated rings. The maximum absolute atomic E-state index is 6.03. The molecule has 0 unspecified atom stereocenters. The summed E-state index contributed by atoms with van der Waals surface area (Å²) >= 11 is 8.01. The SMILES string of the molecule is CC(C)c1cc(Cl)nc(N2CCSCC2)n1. The van der Waals surface area contributed by atoms with Gasteiger partial charge in [-0.15, -0.1) is 0 Å². The fourth-order valence-corrected chi connectivity index (χ4v) is 2.71. The van der Waals surface area contributed by atoms with Gasteiger partial charge >= 0.3 is 0 Å². The Morgan fingerprint density at radius 1 is 1.31 bits per heavy atom. The van der Waals surface area contributed by atoms with Crippen LogP contribution >= 0.6 is 23.4 Å². The van der Waals surface area contributed by atoms with Gasteiger partial charge in [-0.2, -0.15) is 11.8 Å². The third-order valence-electron chi connectivity index (χ3n) is 2.59. The van der Waals surface area contributed by atoms with E-state index in [4.69, 9.17) is 11.6 Å². The molecular formula is C11H16ClN3S. The molecule has 1 aliphatic rings. The third kappa shape index (κ3) is 2.80. The van der Waals surface area contributed by atoms with E-state index in [9.17, 15) is 0 Å². The first kappa shape index (κ1) is 12.0. The van der Waals surface area contributed by atoms with Crippen LogP contribution in [0, 0.1) is 0 Å². The van der Waals surface area contributed by atoms with Crippen LogP contribution in [0.3, 0.4) is 0 Å². The Morgan fingerprint density at radius 2 is 2.00 bits per heavy atom. The van der Waals surface area contributed by atoms with Crippen molar-refractivity contribution in [1.82, 2.24) is 9.97 Å². The van der Waals surface area contributed by atoms with Gasteiger partial charge in [0.25, 0.3) is 0 Å². The molecule has 1 aromatic rings. The summed E-state index contributed by atoms with van der Waals surface area (Å²) in [6.07, 6.45) is 0. The lowest BCUT2D eigenvalue weighted by molar-refractivity contribution is 0.771. The molecule has 0 atom stereocenters. The highest BCUT2D eigenvalue weighted by molar-refractivity contribution is 7.99. The number of thioether (sulfide) groups is 1. The van der Waals surface area contributed by atoms with Gasteiger partial charge in [0.1, 0.15) is 5.15 Å². The number of aromatic nitrogens is 2. The van der Waals surface area contributed by atoms with E-state index >= 15 is 0 Å². The summed E-state index contributed by atoms with van der Waals surface area (Å²) in [5.74, 6) is 3.47. The standard InChI is InChI=1S/C11H16ClN3S/c1-8(2)9-7-10(12)14-11(13-9)15-3-5-16-6-4-15/h7-8H,3-6H2,1-2H3. The van der Waals surface area contributed by atoms with E-state index in [0.717, 1.165) is 36.2 Å². The molecule has 0 radical (unpaired) electrons. The van der Waals surface area contributed by atoms with Gasteiger partial charge in [0.2, 0.25) is 5.95 Å². The Balaban J connectivity index is 2.25. The van der Waals surface area contributed by atoms with Gasteiger partial charge in [0.05, 0.1) is 5.69 Å². The molecule has 0 saturated carbocycles. The summed E-state index contributed by atoms with van der Waals surface area (Å²) in [5, 5.41) is 0.548. The third-order valence-corrected chi connectivity index (χ3v) is 3.72.